The molecule has 3 nitrogen and oxygen atoms in total. The Balaban J connectivity index is 2.03. The second-order valence-corrected chi connectivity index (χ2v) is 4.70. The summed E-state index contributed by atoms with van der Waals surface area (Å²) in [7, 11) is 0. The van der Waals surface area contributed by atoms with Gasteiger partial charge in [-0.25, -0.2) is 0 Å². The molecule has 0 atom stereocenters. The van der Waals surface area contributed by atoms with E-state index in [4.69, 9.17) is 9.47 Å². The number of ether oxygens (including phenoxy) is 2. The van der Waals surface area contributed by atoms with E-state index in [0.717, 1.165) is 51.5 Å². The summed E-state index contributed by atoms with van der Waals surface area (Å²) in [5, 5.41) is 3.39. The Hall–Kier alpha value is -1.06. The van der Waals surface area contributed by atoms with E-state index >= 15 is 0 Å². The molecule has 0 unspecified atom stereocenters. The van der Waals surface area contributed by atoms with Gasteiger partial charge >= 0.3 is 0 Å². The first kappa shape index (κ1) is 16.0. The molecule has 0 saturated heterocycles. The zero-order valence-corrected chi connectivity index (χ0v) is 12.5. The van der Waals surface area contributed by atoms with Crippen LogP contribution in [0.15, 0.2) is 18.2 Å². The number of rotatable bonds is 10. The number of hydrogen-bond acceptors (Lipinski definition) is 3. The lowest BCUT2D eigenvalue weighted by Crippen LogP contribution is -2.22. The lowest BCUT2D eigenvalue weighted by molar-refractivity contribution is 0.143. The molecule has 0 heterocycles. The number of benzene rings is 1. The molecule has 0 amide bonds. The largest absolute Gasteiger partial charge is 0.492 e. The number of nitrogens with one attached hydrogen (secondary N) is 1. The summed E-state index contributed by atoms with van der Waals surface area (Å²) in [6.07, 6.45) is 2.28. The molecule has 3 heteroatoms. The van der Waals surface area contributed by atoms with Crippen molar-refractivity contribution in [2.24, 2.45) is 0 Å². The maximum atomic E-state index is 5.78. The minimum absolute atomic E-state index is 0.718. The molecule has 1 aromatic rings. The molecule has 0 fully saturated rings. The average Bonchev–Trinajstić information content (AvgIpc) is 2.41. The van der Waals surface area contributed by atoms with Gasteiger partial charge in [0.1, 0.15) is 12.4 Å². The monoisotopic (exact) mass is 265 g/mol. The lowest BCUT2D eigenvalue weighted by atomic mass is 10.1. The Labute approximate surface area is 117 Å². The summed E-state index contributed by atoms with van der Waals surface area (Å²) < 4.78 is 11.1. The van der Waals surface area contributed by atoms with Gasteiger partial charge in [0.15, 0.2) is 0 Å². The molecule has 1 N–H and O–H groups in total. The van der Waals surface area contributed by atoms with Gasteiger partial charge < -0.3 is 14.8 Å². The van der Waals surface area contributed by atoms with Crippen LogP contribution in [0.25, 0.3) is 0 Å². The summed E-state index contributed by atoms with van der Waals surface area (Å²) in [4.78, 5) is 0. The van der Waals surface area contributed by atoms with Crippen LogP contribution in [-0.4, -0.2) is 32.9 Å². The molecule has 0 aromatic heterocycles. The Morgan fingerprint density at radius 2 is 1.89 bits per heavy atom. The van der Waals surface area contributed by atoms with Gasteiger partial charge in [-0.15, -0.1) is 0 Å². The van der Waals surface area contributed by atoms with E-state index in [1.165, 1.54) is 11.1 Å². The van der Waals surface area contributed by atoms with Crippen molar-refractivity contribution in [3.63, 3.8) is 0 Å². The number of hydrogen-bond donors (Lipinski definition) is 1. The molecular formula is C16H27NO2. The predicted octanol–water partition coefficient (Wildman–Crippen LogP) is 3.09. The fourth-order valence-electron chi connectivity index (χ4n) is 1.84. The van der Waals surface area contributed by atoms with Crippen LogP contribution in [-0.2, 0) is 4.74 Å². The van der Waals surface area contributed by atoms with Crippen molar-refractivity contribution in [2.45, 2.75) is 33.6 Å². The maximum Gasteiger partial charge on any atom is 0.122 e. The third kappa shape index (κ3) is 6.60. The molecule has 1 rings (SSSR count). The molecule has 19 heavy (non-hydrogen) atoms. The summed E-state index contributed by atoms with van der Waals surface area (Å²) >= 11 is 0. The second-order valence-electron chi connectivity index (χ2n) is 4.70. The third-order valence-electron chi connectivity index (χ3n) is 3.19. The van der Waals surface area contributed by atoms with E-state index in [1.807, 2.05) is 19.1 Å². The molecule has 108 valence electrons. The summed E-state index contributed by atoms with van der Waals surface area (Å²) in [6, 6.07) is 6.18. The van der Waals surface area contributed by atoms with Gasteiger partial charge in [0.05, 0.1) is 0 Å². The van der Waals surface area contributed by atoms with Crippen LogP contribution in [0.1, 0.15) is 30.9 Å². The highest BCUT2D eigenvalue weighted by Gasteiger charge is 2.00. The summed E-state index contributed by atoms with van der Waals surface area (Å²) in [6.45, 7) is 10.6. The minimum atomic E-state index is 0.718. The van der Waals surface area contributed by atoms with E-state index < -0.39 is 0 Å². The van der Waals surface area contributed by atoms with Gasteiger partial charge in [0, 0.05) is 19.8 Å². The Morgan fingerprint density at radius 1 is 1.05 bits per heavy atom. The molecule has 0 radical (unpaired) electrons. The van der Waals surface area contributed by atoms with Crippen LogP contribution < -0.4 is 10.1 Å². The predicted molar refractivity (Wildman–Crippen MR) is 80.0 cm³/mol. The molecule has 0 aliphatic carbocycles. The van der Waals surface area contributed by atoms with Gasteiger partial charge in [-0.3, -0.25) is 0 Å². The van der Waals surface area contributed by atoms with Crippen molar-refractivity contribution in [3.05, 3.63) is 29.3 Å². The number of aryl methyl sites for hydroxylation is 1. The fourth-order valence-corrected chi connectivity index (χ4v) is 1.84. The maximum absolute atomic E-state index is 5.78. The second kappa shape index (κ2) is 9.82. The number of unbranched alkanes of at least 4 members (excludes halogenated alkanes) is 1. The van der Waals surface area contributed by atoms with Crippen molar-refractivity contribution in [3.8, 4) is 5.75 Å². The molecular weight excluding hydrogens is 238 g/mol. The van der Waals surface area contributed by atoms with Crippen molar-refractivity contribution < 1.29 is 9.47 Å². The summed E-state index contributed by atoms with van der Waals surface area (Å²) in [5.74, 6) is 0.998. The zero-order chi connectivity index (χ0) is 13.9. The van der Waals surface area contributed by atoms with Gasteiger partial charge in [-0.1, -0.05) is 12.1 Å². The van der Waals surface area contributed by atoms with Gasteiger partial charge in [0.2, 0.25) is 0 Å². The van der Waals surface area contributed by atoms with E-state index in [-0.39, 0.29) is 0 Å². The van der Waals surface area contributed by atoms with Crippen LogP contribution in [0.2, 0.25) is 0 Å². The van der Waals surface area contributed by atoms with E-state index in [0.29, 0.717) is 0 Å². The van der Waals surface area contributed by atoms with E-state index in [9.17, 15) is 0 Å². The van der Waals surface area contributed by atoms with Crippen LogP contribution in [0.4, 0.5) is 0 Å². The highest BCUT2D eigenvalue weighted by Crippen LogP contribution is 2.20. The Kier molecular flexibility index (Phi) is 8.26. The zero-order valence-electron chi connectivity index (χ0n) is 12.5. The normalized spacial score (nSPS) is 10.7. The average molecular weight is 265 g/mol. The Morgan fingerprint density at radius 3 is 2.68 bits per heavy atom. The SMILES string of the molecule is CCOCCCCNCCOc1cccc(C)c1C. The smallest absolute Gasteiger partial charge is 0.122 e. The van der Waals surface area contributed by atoms with Crippen LogP contribution >= 0.6 is 0 Å². The molecule has 0 aliphatic rings. The van der Waals surface area contributed by atoms with Gasteiger partial charge in [-0.2, -0.15) is 0 Å². The Bertz CT molecular complexity index is 353. The topological polar surface area (TPSA) is 30.5 Å². The van der Waals surface area contributed by atoms with E-state index in [2.05, 4.69) is 25.2 Å². The lowest BCUT2D eigenvalue weighted by Gasteiger charge is -2.11. The van der Waals surface area contributed by atoms with Crippen LogP contribution in [0, 0.1) is 13.8 Å². The van der Waals surface area contributed by atoms with Crippen molar-refractivity contribution in [2.75, 3.05) is 32.9 Å². The highest BCUT2D eigenvalue weighted by atomic mass is 16.5. The molecule has 0 bridgehead atoms. The minimum Gasteiger partial charge on any atom is -0.492 e. The van der Waals surface area contributed by atoms with E-state index in [1.54, 1.807) is 0 Å². The van der Waals surface area contributed by atoms with Crippen molar-refractivity contribution >= 4 is 0 Å². The quantitative estimate of drug-likeness (QED) is 0.659. The molecule has 1 aromatic carbocycles. The summed E-state index contributed by atoms with van der Waals surface area (Å²) in [5.41, 5.74) is 2.51. The first-order valence-corrected chi connectivity index (χ1v) is 7.23. The molecule has 0 aliphatic heterocycles. The molecule has 0 spiro atoms. The van der Waals surface area contributed by atoms with Crippen LogP contribution in [0.5, 0.6) is 5.75 Å². The first-order valence-electron chi connectivity index (χ1n) is 7.23. The van der Waals surface area contributed by atoms with Crippen LogP contribution in [0.3, 0.4) is 0 Å². The fraction of sp³-hybridized carbons (Fsp3) is 0.625. The van der Waals surface area contributed by atoms with Gasteiger partial charge in [0.25, 0.3) is 0 Å². The highest BCUT2D eigenvalue weighted by molar-refractivity contribution is 5.38. The molecule has 0 saturated carbocycles. The van der Waals surface area contributed by atoms with Crippen molar-refractivity contribution in [1.29, 1.82) is 0 Å². The third-order valence-corrected chi connectivity index (χ3v) is 3.19. The first-order chi connectivity index (χ1) is 9.25. The standard InChI is InChI=1S/C16H27NO2/c1-4-18-12-6-5-10-17-11-13-19-16-9-7-8-14(2)15(16)3/h7-9,17H,4-6,10-13H2,1-3H3. The van der Waals surface area contributed by atoms with Gasteiger partial charge in [-0.05, 0) is 57.4 Å². The van der Waals surface area contributed by atoms with Crippen molar-refractivity contribution in [1.82, 2.24) is 5.32 Å².